The van der Waals surface area contributed by atoms with Crippen molar-refractivity contribution in [1.82, 2.24) is 9.55 Å². The van der Waals surface area contributed by atoms with Crippen molar-refractivity contribution in [2.24, 2.45) is 0 Å². The van der Waals surface area contributed by atoms with Gasteiger partial charge in [-0.05, 0) is 6.42 Å². The molecule has 150 valence electrons. The van der Waals surface area contributed by atoms with E-state index in [2.05, 4.69) is 11.9 Å². The molecule has 0 aliphatic carbocycles. The molecule has 0 aromatic carbocycles. The van der Waals surface area contributed by atoms with E-state index in [0.29, 0.717) is 6.61 Å². The van der Waals surface area contributed by atoms with Gasteiger partial charge in [0.25, 0.3) is 0 Å². The summed E-state index contributed by atoms with van der Waals surface area (Å²) in [6.45, 7) is 2.79. The number of hydrogen-bond donors (Lipinski definition) is 0. The number of rotatable bonds is 17. The Labute approximate surface area is 160 Å². The van der Waals surface area contributed by atoms with E-state index in [1.807, 2.05) is 0 Å². The summed E-state index contributed by atoms with van der Waals surface area (Å²) in [5.74, 6) is 0. The minimum Gasteiger partial charge on any atom is -0.449 e. The van der Waals surface area contributed by atoms with Crippen molar-refractivity contribution in [1.29, 1.82) is 0 Å². The van der Waals surface area contributed by atoms with Crippen LogP contribution in [0.3, 0.4) is 0 Å². The summed E-state index contributed by atoms with van der Waals surface area (Å²) in [6, 6.07) is 0. The van der Waals surface area contributed by atoms with Crippen LogP contribution in [0.1, 0.15) is 110 Å². The Balaban J connectivity index is 1.71. The van der Waals surface area contributed by atoms with Crippen molar-refractivity contribution >= 4 is 6.09 Å². The summed E-state index contributed by atoms with van der Waals surface area (Å²) < 4.78 is 6.56. The highest BCUT2D eigenvalue weighted by atomic mass is 16.5. The van der Waals surface area contributed by atoms with Crippen LogP contribution in [0.5, 0.6) is 0 Å². The Bertz CT molecular complexity index is 418. The van der Waals surface area contributed by atoms with Crippen molar-refractivity contribution < 1.29 is 9.53 Å². The molecule has 1 aromatic heterocycles. The lowest BCUT2D eigenvalue weighted by Gasteiger charge is -2.05. The SMILES string of the molecule is CCCCCCCCCCCCCCCCCCOC(=O)n1ccnc1. The molecular weight excluding hydrogens is 324 g/mol. The second kappa shape index (κ2) is 17.1. The third kappa shape index (κ3) is 13.0. The van der Waals surface area contributed by atoms with Gasteiger partial charge in [-0.2, -0.15) is 0 Å². The monoisotopic (exact) mass is 364 g/mol. The van der Waals surface area contributed by atoms with Crippen LogP contribution in [0.2, 0.25) is 0 Å². The number of nitrogens with zero attached hydrogens (tertiary/aromatic N) is 2. The van der Waals surface area contributed by atoms with Crippen LogP contribution in [-0.2, 0) is 4.74 Å². The molecule has 0 amide bonds. The van der Waals surface area contributed by atoms with E-state index in [0.717, 1.165) is 12.8 Å². The number of unbranched alkanes of at least 4 members (excludes halogenated alkanes) is 15. The lowest BCUT2D eigenvalue weighted by Crippen LogP contribution is -2.12. The number of imidazole rings is 1. The Morgan fingerprint density at radius 2 is 1.23 bits per heavy atom. The van der Waals surface area contributed by atoms with Crippen LogP contribution >= 0.6 is 0 Å². The fourth-order valence-corrected chi connectivity index (χ4v) is 3.25. The van der Waals surface area contributed by atoms with E-state index in [-0.39, 0.29) is 6.09 Å². The fourth-order valence-electron chi connectivity index (χ4n) is 3.25. The zero-order valence-corrected chi connectivity index (χ0v) is 17.0. The van der Waals surface area contributed by atoms with Gasteiger partial charge >= 0.3 is 6.09 Å². The molecule has 0 saturated heterocycles. The Kier molecular flexibility index (Phi) is 15.0. The van der Waals surface area contributed by atoms with Gasteiger partial charge in [-0.25, -0.2) is 14.3 Å². The minimum atomic E-state index is -0.330. The smallest absolute Gasteiger partial charge is 0.419 e. The van der Waals surface area contributed by atoms with Gasteiger partial charge < -0.3 is 4.74 Å². The van der Waals surface area contributed by atoms with Gasteiger partial charge in [0.05, 0.1) is 6.61 Å². The average Bonchev–Trinajstić information content (AvgIpc) is 3.19. The van der Waals surface area contributed by atoms with E-state index in [4.69, 9.17) is 4.74 Å². The Morgan fingerprint density at radius 1 is 0.769 bits per heavy atom. The van der Waals surface area contributed by atoms with Gasteiger partial charge in [0.2, 0.25) is 0 Å². The normalized spacial score (nSPS) is 11.0. The molecule has 0 spiro atoms. The first-order valence-electron chi connectivity index (χ1n) is 11.0. The number of carbonyl (C=O) groups is 1. The van der Waals surface area contributed by atoms with Crippen LogP contribution in [0, 0.1) is 0 Å². The maximum absolute atomic E-state index is 11.6. The van der Waals surface area contributed by atoms with Gasteiger partial charge in [0.15, 0.2) is 0 Å². The average molecular weight is 365 g/mol. The standard InChI is InChI=1S/C22H40N2O2/c1-2-3-4-5-6-7-8-9-10-11-12-13-14-15-16-17-20-26-22(25)24-19-18-23-21-24/h18-19,21H,2-17,20H2,1H3. The van der Waals surface area contributed by atoms with E-state index in [1.54, 1.807) is 12.4 Å². The molecule has 0 saturated carbocycles. The molecule has 0 radical (unpaired) electrons. The second-order valence-electron chi connectivity index (χ2n) is 7.39. The summed E-state index contributed by atoms with van der Waals surface area (Å²) in [5.41, 5.74) is 0. The highest BCUT2D eigenvalue weighted by Gasteiger charge is 2.03. The van der Waals surface area contributed by atoms with Gasteiger partial charge in [0, 0.05) is 12.4 Å². The first kappa shape index (κ1) is 22.7. The van der Waals surface area contributed by atoms with Gasteiger partial charge in [-0.1, -0.05) is 103 Å². The summed E-state index contributed by atoms with van der Waals surface area (Å²) >= 11 is 0. The summed E-state index contributed by atoms with van der Waals surface area (Å²) in [6.07, 6.45) is 25.9. The summed E-state index contributed by atoms with van der Waals surface area (Å²) in [4.78, 5) is 15.4. The van der Waals surface area contributed by atoms with Crippen molar-refractivity contribution in [2.45, 2.75) is 110 Å². The quantitative estimate of drug-likeness (QED) is 0.276. The first-order chi connectivity index (χ1) is 12.8. The molecule has 4 heteroatoms. The van der Waals surface area contributed by atoms with Crippen molar-refractivity contribution in [3.8, 4) is 0 Å². The number of carbonyl (C=O) groups excluding carboxylic acids is 1. The zero-order valence-electron chi connectivity index (χ0n) is 17.0. The van der Waals surface area contributed by atoms with Crippen LogP contribution in [0.25, 0.3) is 0 Å². The predicted molar refractivity (Wildman–Crippen MR) is 109 cm³/mol. The summed E-state index contributed by atoms with van der Waals surface area (Å²) in [5, 5.41) is 0. The Hall–Kier alpha value is -1.32. The highest BCUT2D eigenvalue weighted by Crippen LogP contribution is 2.13. The van der Waals surface area contributed by atoms with Crippen molar-refractivity contribution in [3.63, 3.8) is 0 Å². The Morgan fingerprint density at radius 3 is 1.65 bits per heavy atom. The summed E-state index contributed by atoms with van der Waals surface area (Å²) in [7, 11) is 0. The molecule has 0 unspecified atom stereocenters. The van der Waals surface area contributed by atoms with Gasteiger partial charge in [0.1, 0.15) is 6.33 Å². The molecular formula is C22H40N2O2. The predicted octanol–water partition coefficient (Wildman–Crippen LogP) is 7.13. The van der Waals surface area contributed by atoms with E-state index >= 15 is 0 Å². The third-order valence-electron chi connectivity index (χ3n) is 4.94. The van der Waals surface area contributed by atoms with Crippen LogP contribution in [-0.4, -0.2) is 22.3 Å². The second-order valence-corrected chi connectivity index (χ2v) is 7.39. The zero-order chi connectivity index (χ0) is 18.7. The molecule has 1 aromatic rings. The van der Waals surface area contributed by atoms with E-state index in [9.17, 15) is 4.79 Å². The highest BCUT2D eigenvalue weighted by molar-refractivity contribution is 5.69. The number of aromatic nitrogens is 2. The molecule has 1 rings (SSSR count). The lowest BCUT2D eigenvalue weighted by atomic mass is 10.0. The molecule has 4 nitrogen and oxygen atoms in total. The molecule has 0 aliphatic rings. The molecule has 0 bridgehead atoms. The molecule has 1 heterocycles. The molecule has 0 fully saturated rings. The largest absolute Gasteiger partial charge is 0.449 e. The topological polar surface area (TPSA) is 44.1 Å². The fraction of sp³-hybridized carbons (Fsp3) is 0.818. The first-order valence-corrected chi connectivity index (χ1v) is 11.0. The third-order valence-corrected chi connectivity index (χ3v) is 4.94. The lowest BCUT2D eigenvalue weighted by molar-refractivity contribution is 0.145. The van der Waals surface area contributed by atoms with Crippen LogP contribution in [0.4, 0.5) is 4.79 Å². The van der Waals surface area contributed by atoms with Gasteiger partial charge in [-0.3, -0.25) is 0 Å². The molecule has 26 heavy (non-hydrogen) atoms. The maximum atomic E-state index is 11.6. The minimum absolute atomic E-state index is 0.330. The van der Waals surface area contributed by atoms with Crippen LogP contribution in [0.15, 0.2) is 18.7 Å². The van der Waals surface area contributed by atoms with Crippen LogP contribution < -0.4 is 0 Å². The number of hydrogen-bond acceptors (Lipinski definition) is 3. The molecule has 0 aliphatic heterocycles. The molecule has 0 atom stereocenters. The van der Waals surface area contributed by atoms with E-state index < -0.39 is 0 Å². The molecule has 0 N–H and O–H groups in total. The maximum Gasteiger partial charge on any atom is 0.419 e. The van der Waals surface area contributed by atoms with Crippen molar-refractivity contribution in [2.75, 3.05) is 6.61 Å². The van der Waals surface area contributed by atoms with Crippen molar-refractivity contribution in [3.05, 3.63) is 18.7 Å². The van der Waals surface area contributed by atoms with Gasteiger partial charge in [-0.15, -0.1) is 0 Å². The number of ether oxygens (including phenoxy) is 1. The van der Waals surface area contributed by atoms with E-state index in [1.165, 1.54) is 101 Å².